The van der Waals surface area contributed by atoms with Crippen molar-refractivity contribution in [3.63, 3.8) is 0 Å². The van der Waals surface area contributed by atoms with E-state index < -0.39 is 0 Å². The Kier molecular flexibility index (Phi) is 9.36. The van der Waals surface area contributed by atoms with Crippen molar-refractivity contribution in [1.82, 2.24) is 10.2 Å². The second kappa shape index (κ2) is 9.22. The van der Waals surface area contributed by atoms with Gasteiger partial charge in [-0.3, -0.25) is 0 Å². The number of thioether (sulfide) groups is 1. The maximum absolute atomic E-state index is 3.59. The van der Waals surface area contributed by atoms with Crippen molar-refractivity contribution in [2.45, 2.75) is 47.1 Å². The number of nitrogens with one attached hydrogen (secondary N) is 1. The van der Waals surface area contributed by atoms with Crippen LogP contribution in [0.3, 0.4) is 0 Å². The minimum absolute atomic E-state index is 0.343. The molecule has 0 aliphatic heterocycles. The van der Waals surface area contributed by atoms with E-state index >= 15 is 0 Å². The van der Waals surface area contributed by atoms with Crippen molar-refractivity contribution in [2.24, 2.45) is 11.3 Å². The summed E-state index contributed by atoms with van der Waals surface area (Å²) in [6.45, 7) is 14.9. The SMILES string of the molecule is CCC(CSC)N(C)CC(C)(C)CNCC(C)C. The van der Waals surface area contributed by atoms with Gasteiger partial charge < -0.3 is 10.2 Å². The fourth-order valence-electron chi connectivity index (χ4n) is 2.31. The molecule has 1 N–H and O–H groups in total. The van der Waals surface area contributed by atoms with Gasteiger partial charge in [0.15, 0.2) is 0 Å². The van der Waals surface area contributed by atoms with Crippen molar-refractivity contribution in [3.8, 4) is 0 Å². The first-order valence-corrected chi connectivity index (χ1v) is 8.61. The van der Waals surface area contributed by atoms with Crippen LogP contribution < -0.4 is 5.32 Å². The molecule has 0 spiro atoms. The van der Waals surface area contributed by atoms with Gasteiger partial charge in [-0.2, -0.15) is 11.8 Å². The molecule has 0 radical (unpaired) electrons. The third-order valence-electron chi connectivity index (χ3n) is 3.29. The van der Waals surface area contributed by atoms with Crippen molar-refractivity contribution in [1.29, 1.82) is 0 Å². The standard InChI is InChI=1S/C15H34N2S/c1-8-14(10-18-7)17(6)12-15(4,5)11-16-9-13(2)3/h13-14,16H,8-12H2,1-7H3. The zero-order valence-electron chi connectivity index (χ0n) is 13.5. The Labute approximate surface area is 119 Å². The Hall–Kier alpha value is 0.270. The minimum atomic E-state index is 0.343. The quantitative estimate of drug-likeness (QED) is 0.658. The van der Waals surface area contributed by atoms with Gasteiger partial charge in [0.25, 0.3) is 0 Å². The van der Waals surface area contributed by atoms with Gasteiger partial charge in [0.1, 0.15) is 0 Å². The highest BCUT2D eigenvalue weighted by atomic mass is 32.2. The van der Waals surface area contributed by atoms with Crippen LogP contribution in [0.25, 0.3) is 0 Å². The van der Waals surface area contributed by atoms with E-state index in [2.05, 4.69) is 58.1 Å². The lowest BCUT2D eigenvalue weighted by Crippen LogP contribution is -2.44. The molecule has 0 bridgehead atoms. The van der Waals surface area contributed by atoms with Crippen molar-refractivity contribution in [3.05, 3.63) is 0 Å². The molecule has 110 valence electrons. The molecule has 0 aromatic carbocycles. The van der Waals surface area contributed by atoms with E-state index in [1.807, 2.05) is 11.8 Å². The molecule has 0 aromatic heterocycles. The highest BCUT2D eigenvalue weighted by Gasteiger charge is 2.23. The third kappa shape index (κ3) is 8.39. The van der Waals surface area contributed by atoms with Crippen LogP contribution in [0.15, 0.2) is 0 Å². The number of rotatable bonds is 10. The summed E-state index contributed by atoms with van der Waals surface area (Å²) in [6.07, 6.45) is 3.44. The molecule has 0 saturated heterocycles. The molecule has 1 unspecified atom stereocenters. The minimum Gasteiger partial charge on any atom is -0.316 e. The van der Waals surface area contributed by atoms with E-state index in [0.717, 1.165) is 25.6 Å². The summed E-state index contributed by atoms with van der Waals surface area (Å²) in [6, 6.07) is 0.712. The Morgan fingerprint density at radius 2 is 1.89 bits per heavy atom. The van der Waals surface area contributed by atoms with Crippen molar-refractivity contribution >= 4 is 11.8 Å². The highest BCUT2D eigenvalue weighted by Crippen LogP contribution is 2.18. The van der Waals surface area contributed by atoms with Crippen LogP contribution in [0, 0.1) is 11.3 Å². The topological polar surface area (TPSA) is 15.3 Å². The fourth-order valence-corrected chi connectivity index (χ4v) is 3.18. The van der Waals surface area contributed by atoms with E-state index in [1.54, 1.807) is 0 Å². The molecule has 18 heavy (non-hydrogen) atoms. The predicted octanol–water partition coefficient (Wildman–Crippen LogP) is 3.33. The Bertz CT molecular complexity index is 205. The van der Waals surface area contributed by atoms with E-state index in [4.69, 9.17) is 0 Å². The van der Waals surface area contributed by atoms with Crippen molar-refractivity contribution < 1.29 is 0 Å². The first kappa shape index (κ1) is 18.3. The average molecular weight is 275 g/mol. The van der Waals surface area contributed by atoms with Crippen LogP contribution >= 0.6 is 11.8 Å². The van der Waals surface area contributed by atoms with Crippen LogP contribution in [-0.2, 0) is 0 Å². The van der Waals surface area contributed by atoms with Gasteiger partial charge in [0.2, 0.25) is 0 Å². The maximum Gasteiger partial charge on any atom is 0.0180 e. The summed E-state index contributed by atoms with van der Waals surface area (Å²) in [5, 5.41) is 3.59. The van der Waals surface area contributed by atoms with Crippen LogP contribution in [0.1, 0.15) is 41.0 Å². The number of hydrogen-bond acceptors (Lipinski definition) is 3. The lowest BCUT2D eigenvalue weighted by Gasteiger charge is -2.35. The normalized spacial score (nSPS) is 14.5. The van der Waals surface area contributed by atoms with E-state index in [0.29, 0.717) is 11.5 Å². The molecule has 0 saturated carbocycles. The zero-order valence-corrected chi connectivity index (χ0v) is 14.4. The molecule has 0 amide bonds. The Balaban J connectivity index is 4.11. The Morgan fingerprint density at radius 3 is 2.33 bits per heavy atom. The molecule has 3 heteroatoms. The van der Waals surface area contributed by atoms with Gasteiger partial charge in [-0.25, -0.2) is 0 Å². The second-order valence-electron chi connectivity index (χ2n) is 6.62. The summed E-state index contributed by atoms with van der Waals surface area (Å²) < 4.78 is 0. The van der Waals surface area contributed by atoms with Gasteiger partial charge in [0, 0.05) is 24.9 Å². The highest BCUT2D eigenvalue weighted by molar-refractivity contribution is 7.98. The van der Waals surface area contributed by atoms with Gasteiger partial charge in [-0.1, -0.05) is 34.6 Å². The molecule has 0 aliphatic carbocycles. The molecule has 0 rings (SSSR count). The largest absolute Gasteiger partial charge is 0.316 e. The van der Waals surface area contributed by atoms with Gasteiger partial charge in [-0.15, -0.1) is 0 Å². The molecule has 2 nitrogen and oxygen atoms in total. The molecule has 0 fully saturated rings. The van der Waals surface area contributed by atoms with Crippen LogP contribution in [0.5, 0.6) is 0 Å². The lowest BCUT2D eigenvalue weighted by atomic mass is 9.92. The van der Waals surface area contributed by atoms with Gasteiger partial charge in [0.05, 0.1) is 0 Å². The van der Waals surface area contributed by atoms with Gasteiger partial charge >= 0.3 is 0 Å². The maximum atomic E-state index is 3.59. The molecular formula is C15H34N2S. The van der Waals surface area contributed by atoms with Crippen LogP contribution in [0.2, 0.25) is 0 Å². The molecule has 0 aromatic rings. The summed E-state index contributed by atoms with van der Waals surface area (Å²) >= 11 is 1.95. The van der Waals surface area contributed by atoms with Crippen LogP contribution in [0.4, 0.5) is 0 Å². The van der Waals surface area contributed by atoms with Gasteiger partial charge in [-0.05, 0) is 37.6 Å². The van der Waals surface area contributed by atoms with E-state index in [9.17, 15) is 0 Å². The average Bonchev–Trinajstić information content (AvgIpc) is 2.23. The van der Waals surface area contributed by atoms with Crippen LogP contribution in [-0.4, -0.2) is 49.6 Å². The first-order chi connectivity index (χ1) is 8.32. The lowest BCUT2D eigenvalue weighted by molar-refractivity contribution is 0.164. The predicted molar refractivity (Wildman–Crippen MR) is 86.6 cm³/mol. The summed E-state index contributed by atoms with van der Waals surface area (Å²) in [5.74, 6) is 1.97. The smallest absolute Gasteiger partial charge is 0.0180 e. The number of hydrogen-bond donors (Lipinski definition) is 1. The zero-order chi connectivity index (χ0) is 14.2. The molecular weight excluding hydrogens is 240 g/mol. The number of nitrogens with zero attached hydrogens (tertiary/aromatic N) is 1. The summed E-state index contributed by atoms with van der Waals surface area (Å²) in [4.78, 5) is 2.54. The van der Waals surface area contributed by atoms with E-state index in [-0.39, 0.29) is 0 Å². The van der Waals surface area contributed by atoms with Crippen molar-refractivity contribution in [2.75, 3.05) is 38.7 Å². The first-order valence-electron chi connectivity index (χ1n) is 7.22. The molecule has 1 atom stereocenters. The Morgan fingerprint density at radius 1 is 1.28 bits per heavy atom. The second-order valence-corrected chi connectivity index (χ2v) is 7.53. The molecule has 0 aliphatic rings. The fraction of sp³-hybridized carbons (Fsp3) is 1.00. The third-order valence-corrected chi connectivity index (χ3v) is 4.01. The van der Waals surface area contributed by atoms with E-state index in [1.165, 1.54) is 12.2 Å². The summed E-state index contributed by atoms with van der Waals surface area (Å²) in [7, 11) is 2.27. The monoisotopic (exact) mass is 274 g/mol. The summed E-state index contributed by atoms with van der Waals surface area (Å²) in [5.41, 5.74) is 0.343. The molecule has 0 heterocycles.